The Morgan fingerprint density at radius 3 is 3.04 bits per heavy atom. The standard InChI is InChI=1S/C24H29N3O/c1-27(2)20-9-5-10-21(17-20)28-16-4-3-7-18-13-15-26-24-22(18)12-11-19-8-6-14-25-23(19)24/h5-6,8-14,17,22,25-26H,3-4,7,15-16H2,1-2H3. The number of hydrogen-bond donors (Lipinski definition) is 2. The molecule has 4 nitrogen and oxygen atoms in total. The van der Waals surface area contributed by atoms with Gasteiger partial charge in [0.2, 0.25) is 0 Å². The van der Waals surface area contributed by atoms with Crippen molar-refractivity contribution in [1.29, 1.82) is 0 Å². The summed E-state index contributed by atoms with van der Waals surface area (Å²) in [5.41, 5.74) is 6.48. The van der Waals surface area contributed by atoms with E-state index in [4.69, 9.17) is 4.74 Å². The number of fused-ring (bicyclic) bond motifs is 2. The van der Waals surface area contributed by atoms with Crippen molar-refractivity contribution in [3.05, 3.63) is 83.4 Å². The zero-order valence-electron chi connectivity index (χ0n) is 16.7. The Morgan fingerprint density at radius 2 is 2.14 bits per heavy atom. The fourth-order valence-electron chi connectivity index (χ4n) is 3.93. The summed E-state index contributed by atoms with van der Waals surface area (Å²) < 4.78 is 5.96. The van der Waals surface area contributed by atoms with Crippen LogP contribution < -0.4 is 20.3 Å². The lowest BCUT2D eigenvalue weighted by molar-refractivity contribution is 0.306. The number of rotatable bonds is 7. The van der Waals surface area contributed by atoms with Crippen LogP contribution in [0.5, 0.6) is 5.75 Å². The first kappa shape index (κ1) is 18.5. The Bertz CT molecular complexity index is 874. The fourth-order valence-corrected chi connectivity index (χ4v) is 3.93. The smallest absolute Gasteiger partial charge is 0.121 e. The molecule has 0 saturated heterocycles. The highest BCUT2D eigenvalue weighted by Gasteiger charge is 2.27. The van der Waals surface area contributed by atoms with Crippen molar-refractivity contribution in [2.75, 3.05) is 32.1 Å². The third-order valence-corrected chi connectivity index (χ3v) is 5.46. The molecule has 2 heterocycles. The average Bonchev–Trinajstić information content (AvgIpc) is 2.73. The van der Waals surface area contributed by atoms with Gasteiger partial charge in [-0.15, -0.1) is 0 Å². The second-order valence-electron chi connectivity index (χ2n) is 7.61. The molecule has 0 saturated carbocycles. The number of anilines is 1. The molecule has 146 valence electrons. The van der Waals surface area contributed by atoms with E-state index in [1.165, 1.54) is 28.2 Å². The maximum absolute atomic E-state index is 5.96. The number of dihydropyridines is 1. The highest BCUT2D eigenvalue weighted by atomic mass is 16.5. The topological polar surface area (TPSA) is 36.5 Å². The SMILES string of the molecule is CN(C)c1cccc(OCCCCC2=CCNC3=C4NC=CC=C4C=CC23)c1. The first-order valence-electron chi connectivity index (χ1n) is 10.1. The van der Waals surface area contributed by atoms with Crippen molar-refractivity contribution >= 4 is 5.69 Å². The van der Waals surface area contributed by atoms with Crippen LogP contribution in [-0.2, 0) is 0 Å². The number of ether oxygens (including phenoxy) is 1. The summed E-state index contributed by atoms with van der Waals surface area (Å²) in [4.78, 5) is 2.10. The Kier molecular flexibility index (Phi) is 5.56. The van der Waals surface area contributed by atoms with Crippen molar-refractivity contribution < 1.29 is 4.74 Å². The number of allylic oxidation sites excluding steroid dienone is 4. The molecule has 1 aliphatic carbocycles. The lowest BCUT2D eigenvalue weighted by Gasteiger charge is -2.33. The minimum atomic E-state index is 0.373. The molecule has 0 bridgehead atoms. The quantitative estimate of drug-likeness (QED) is 0.551. The fraction of sp³-hybridized carbons (Fsp3) is 0.333. The first-order valence-corrected chi connectivity index (χ1v) is 10.1. The largest absolute Gasteiger partial charge is 0.494 e. The number of nitrogens with zero attached hydrogens (tertiary/aromatic N) is 1. The predicted octanol–water partition coefficient (Wildman–Crippen LogP) is 4.27. The summed E-state index contributed by atoms with van der Waals surface area (Å²) in [5, 5.41) is 6.99. The molecule has 0 amide bonds. The Hall–Kier alpha value is -2.88. The van der Waals surface area contributed by atoms with Gasteiger partial charge in [-0.2, -0.15) is 0 Å². The van der Waals surface area contributed by atoms with Crippen LogP contribution in [0.25, 0.3) is 0 Å². The Morgan fingerprint density at radius 1 is 1.21 bits per heavy atom. The van der Waals surface area contributed by atoms with Crippen LogP contribution in [0.15, 0.2) is 83.4 Å². The van der Waals surface area contributed by atoms with Crippen molar-refractivity contribution in [3.8, 4) is 5.75 Å². The molecule has 2 aliphatic heterocycles. The number of unbranched alkanes of at least 4 members (excludes halogenated alkanes) is 1. The molecule has 1 aromatic rings. The minimum absolute atomic E-state index is 0.373. The van der Waals surface area contributed by atoms with Crippen LogP contribution >= 0.6 is 0 Å². The van der Waals surface area contributed by atoms with Crippen molar-refractivity contribution in [3.63, 3.8) is 0 Å². The van der Waals surface area contributed by atoms with Gasteiger partial charge in [0.1, 0.15) is 5.75 Å². The van der Waals surface area contributed by atoms with Gasteiger partial charge in [0.25, 0.3) is 0 Å². The lowest BCUT2D eigenvalue weighted by Crippen LogP contribution is -2.33. The third-order valence-electron chi connectivity index (χ3n) is 5.46. The van der Waals surface area contributed by atoms with Crippen molar-refractivity contribution in [2.24, 2.45) is 5.92 Å². The van der Waals surface area contributed by atoms with Crippen LogP contribution in [0.2, 0.25) is 0 Å². The summed E-state index contributed by atoms with van der Waals surface area (Å²) >= 11 is 0. The van der Waals surface area contributed by atoms with E-state index < -0.39 is 0 Å². The second kappa shape index (κ2) is 8.42. The van der Waals surface area contributed by atoms with Crippen LogP contribution in [0.3, 0.4) is 0 Å². The molecule has 0 radical (unpaired) electrons. The molecule has 0 spiro atoms. The lowest BCUT2D eigenvalue weighted by atomic mass is 9.82. The molecular weight excluding hydrogens is 346 g/mol. The molecule has 1 aromatic carbocycles. The first-order chi connectivity index (χ1) is 13.7. The molecule has 4 heteroatoms. The molecule has 2 N–H and O–H groups in total. The molecule has 28 heavy (non-hydrogen) atoms. The van der Waals surface area contributed by atoms with E-state index in [9.17, 15) is 0 Å². The zero-order chi connectivity index (χ0) is 19.3. The third kappa shape index (κ3) is 4.01. The Balaban J connectivity index is 1.28. The Labute approximate surface area is 168 Å². The van der Waals surface area contributed by atoms with Gasteiger partial charge in [-0.1, -0.05) is 35.9 Å². The molecule has 1 atom stereocenters. The monoisotopic (exact) mass is 375 g/mol. The predicted molar refractivity (Wildman–Crippen MR) is 116 cm³/mol. The summed E-state index contributed by atoms with van der Waals surface area (Å²) in [6, 6.07) is 8.27. The van der Waals surface area contributed by atoms with Crippen LogP contribution in [0.4, 0.5) is 5.69 Å². The van der Waals surface area contributed by atoms with Gasteiger partial charge in [-0.25, -0.2) is 0 Å². The van der Waals surface area contributed by atoms with Gasteiger partial charge < -0.3 is 20.3 Å². The van der Waals surface area contributed by atoms with Gasteiger partial charge in [-0.3, -0.25) is 0 Å². The second-order valence-corrected chi connectivity index (χ2v) is 7.61. The van der Waals surface area contributed by atoms with E-state index in [1.807, 2.05) is 32.4 Å². The van der Waals surface area contributed by atoms with E-state index in [2.05, 4.69) is 58.0 Å². The van der Waals surface area contributed by atoms with E-state index in [-0.39, 0.29) is 0 Å². The summed E-state index contributed by atoms with van der Waals surface area (Å²) in [5.74, 6) is 1.32. The molecule has 4 rings (SSSR count). The van der Waals surface area contributed by atoms with Crippen molar-refractivity contribution in [2.45, 2.75) is 19.3 Å². The van der Waals surface area contributed by atoms with E-state index in [0.717, 1.165) is 38.2 Å². The number of benzene rings is 1. The molecule has 3 aliphatic rings. The van der Waals surface area contributed by atoms with Gasteiger partial charge >= 0.3 is 0 Å². The van der Waals surface area contributed by atoms with Crippen LogP contribution in [0, 0.1) is 5.92 Å². The maximum Gasteiger partial charge on any atom is 0.121 e. The van der Waals surface area contributed by atoms with Crippen molar-refractivity contribution in [1.82, 2.24) is 10.6 Å². The van der Waals surface area contributed by atoms with E-state index >= 15 is 0 Å². The summed E-state index contributed by atoms with van der Waals surface area (Å²) in [6.07, 6.45) is 16.5. The minimum Gasteiger partial charge on any atom is -0.494 e. The van der Waals surface area contributed by atoms with E-state index in [1.54, 1.807) is 0 Å². The number of hydrogen-bond acceptors (Lipinski definition) is 4. The summed E-state index contributed by atoms with van der Waals surface area (Å²) in [6.45, 7) is 1.67. The molecule has 0 aromatic heterocycles. The van der Waals surface area contributed by atoms with Gasteiger partial charge in [-0.05, 0) is 43.0 Å². The molecular formula is C24H29N3O. The highest BCUT2D eigenvalue weighted by Crippen LogP contribution is 2.35. The van der Waals surface area contributed by atoms with Gasteiger partial charge in [0, 0.05) is 50.2 Å². The number of nitrogens with one attached hydrogen (secondary N) is 2. The zero-order valence-corrected chi connectivity index (χ0v) is 16.7. The summed E-state index contributed by atoms with van der Waals surface area (Å²) in [7, 11) is 4.10. The van der Waals surface area contributed by atoms with Gasteiger partial charge in [0.15, 0.2) is 0 Å². The van der Waals surface area contributed by atoms with Gasteiger partial charge in [0.05, 0.1) is 12.3 Å². The average molecular weight is 376 g/mol. The molecule has 1 unspecified atom stereocenters. The van der Waals surface area contributed by atoms with Crippen LogP contribution in [0.1, 0.15) is 19.3 Å². The van der Waals surface area contributed by atoms with E-state index in [0.29, 0.717) is 5.92 Å². The highest BCUT2D eigenvalue weighted by molar-refractivity contribution is 5.54. The van der Waals surface area contributed by atoms with Crippen LogP contribution in [-0.4, -0.2) is 27.2 Å². The normalized spacial score (nSPS) is 19.7. The molecule has 0 fully saturated rings. The maximum atomic E-state index is 5.96.